The summed E-state index contributed by atoms with van der Waals surface area (Å²) in [5.74, 6) is -1.15. The minimum atomic E-state index is -4.54. The number of alkyl halides is 3. The van der Waals surface area contributed by atoms with Gasteiger partial charge < -0.3 is 9.64 Å². The number of carbonyl (C=O) groups excluding carboxylic acids is 2. The molecule has 1 aliphatic rings. The first-order valence-corrected chi connectivity index (χ1v) is 7.29. The number of halogens is 3. The Bertz CT molecular complexity index is 605. The largest absolute Gasteiger partial charge is 0.465 e. The summed E-state index contributed by atoms with van der Waals surface area (Å²) in [6.07, 6.45) is -3.60. The molecule has 2 rings (SSSR count). The van der Waals surface area contributed by atoms with Crippen LogP contribution in [0.5, 0.6) is 0 Å². The van der Waals surface area contributed by atoms with Gasteiger partial charge in [0.05, 0.1) is 18.2 Å². The molecule has 0 atom stereocenters. The number of piperidine rings is 1. The molecule has 1 aliphatic heterocycles. The number of likely N-dealkylation sites (tertiary alicyclic amines) is 1. The molecule has 1 aromatic carbocycles. The molecule has 126 valence electrons. The van der Waals surface area contributed by atoms with Crippen molar-refractivity contribution in [3.05, 3.63) is 34.9 Å². The summed E-state index contributed by atoms with van der Waals surface area (Å²) in [5.41, 5.74) is -0.750. The maximum absolute atomic E-state index is 13.3. The van der Waals surface area contributed by atoms with Gasteiger partial charge in [-0.2, -0.15) is 13.2 Å². The zero-order valence-corrected chi connectivity index (χ0v) is 12.9. The van der Waals surface area contributed by atoms with Gasteiger partial charge in [-0.05, 0) is 36.5 Å². The lowest BCUT2D eigenvalue weighted by molar-refractivity contribution is -0.139. The molecule has 1 amide bonds. The number of hydrogen-bond acceptors (Lipinski definition) is 3. The van der Waals surface area contributed by atoms with Gasteiger partial charge in [-0.25, -0.2) is 4.79 Å². The minimum absolute atomic E-state index is 0.0689. The van der Waals surface area contributed by atoms with Gasteiger partial charge in [0.2, 0.25) is 5.91 Å². The average Bonchev–Trinajstić information content (AvgIpc) is 2.52. The second kappa shape index (κ2) is 6.60. The number of carbonyl (C=O) groups is 2. The molecule has 0 aromatic heterocycles. The molecule has 0 saturated carbocycles. The molecule has 7 heteroatoms. The summed E-state index contributed by atoms with van der Waals surface area (Å²) in [4.78, 5) is 24.4. The molecule has 4 nitrogen and oxygen atoms in total. The van der Waals surface area contributed by atoms with Crippen LogP contribution in [0.2, 0.25) is 0 Å². The number of ether oxygens (including phenoxy) is 1. The Hall–Kier alpha value is -2.05. The Morgan fingerprint density at radius 3 is 2.30 bits per heavy atom. The number of hydrogen-bond donors (Lipinski definition) is 0. The monoisotopic (exact) mass is 329 g/mol. The van der Waals surface area contributed by atoms with E-state index < -0.39 is 17.7 Å². The van der Waals surface area contributed by atoms with E-state index in [1.54, 1.807) is 4.90 Å². The highest BCUT2D eigenvalue weighted by molar-refractivity contribution is 5.89. The van der Waals surface area contributed by atoms with Crippen molar-refractivity contribution in [2.45, 2.75) is 31.9 Å². The van der Waals surface area contributed by atoms with E-state index in [-0.39, 0.29) is 23.0 Å². The lowest BCUT2D eigenvalue weighted by Gasteiger charge is -2.32. The van der Waals surface area contributed by atoms with Crippen molar-refractivity contribution in [3.8, 4) is 0 Å². The Labute approximate surface area is 132 Å². The summed E-state index contributed by atoms with van der Waals surface area (Å²) in [6.45, 7) is 2.33. The van der Waals surface area contributed by atoms with Crippen molar-refractivity contribution in [1.29, 1.82) is 0 Å². The molecular formula is C16H18F3NO3. The highest BCUT2D eigenvalue weighted by atomic mass is 19.4. The molecule has 1 aromatic rings. The first-order valence-electron chi connectivity index (χ1n) is 7.29. The van der Waals surface area contributed by atoms with E-state index in [1.807, 2.05) is 0 Å². The van der Waals surface area contributed by atoms with E-state index in [0.717, 1.165) is 13.2 Å². The van der Waals surface area contributed by atoms with Crippen LogP contribution >= 0.6 is 0 Å². The molecule has 1 fully saturated rings. The smallest absolute Gasteiger partial charge is 0.416 e. The SMILES string of the molecule is COC(=O)c1ccc(C2CCN(C(C)=O)CC2)c(C(F)(F)F)c1. The molecule has 0 aliphatic carbocycles. The summed E-state index contributed by atoms with van der Waals surface area (Å²) < 4.78 is 44.5. The van der Waals surface area contributed by atoms with Gasteiger partial charge in [-0.3, -0.25) is 4.79 Å². The molecule has 0 bridgehead atoms. The van der Waals surface area contributed by atoms with Crippen molar-refractivity contribution in [2.24, 2.45) is 0 Å². The van der Waals surface area contributed by atoms with Gasteiger partial charge in [-0.15, -0.1) is 0 Å². The number of benzene rings is 1. The Morgan fingerprint density at radius 2 is 1.83 bits per heavy atom. The molecule has 0 spiro atoms. The van der Waals surface area contributed by atoms with Crippen LogP contribution in [0.4, 0.5) is 13.2 Å². The van der Waals surface area contributed by atoms with E-state index in [1.165, 1.54) is 19.1 Å². The van der Waals surface area contributed by atoms with Crippen LogP contribution < -0.4 is 0 Å². The average molecular weight is 329 g/mol. The highest BCUT2D eigenvalue weighted by Gasteiger charge is 2.37. The fraction of sp³-hybridized carbons (Fsp3) is 0.500. The molecule has 23 heavy (non-hydrogen) atoms. The van der Waals surface area contributed by atoms with E-state index in [0.29, 0.717) is 25.9 Å². The van der Waals surface area contributed by atoms with Gasteiger partial charge >= 0.3 is 12.1 Å². The normalized spacial score (nSPS) is 16.3. The van der Waals surface area contributed by atoms with E-state index in [9.17, 15) is 22.8 Å². The fourth-order valence-electron chi connectivity index (χ4n) is 2.91. The number of amides is 1. The maximum atomic E-state index is 13.3. The van der Waals surface area contributed by atoms with Crippen molar-refractivity contribution in [1.82, 2.24) is 4.90 Å². The highest BCUT2D eigenvalue weighted by Crippen LogP contribution is 2.39. The molecular weight excluding hydrogens is 311 g/mol. The van der Waals surface area contributed by atoms with Crippen LogP contribution in [0.1, 0.15) is 47.2 Å². The van der Waals surface area contributed by atoms with Crippen molar-refractivity contribution < 1.29 is 27.5 Å². The van der Waals surface area contributed by atoms with Crippen molar-refractivity contribution in [2.75, 3.05) is 20.2 Å². The fourth-order valence-corrected chi connectivity index (χ4v) is 2.91. The maximum Gasteiger partial charge on any atom is 0.416 e. The van der Waals surface area contributed by atoms with Gasteiger partial charge in [0.1, 0.15) is 0 Å². The first kappa shape index (κ1) is 17.3. The van der Waals surface area contributed by atoms with Gasteiger partial charge in [-0.1, -0.05) is 6.07 Å². The predicted octanol–water partition coefficient (Wildman–Crippen LogP) is 3.22. The van der Waals surface area contributed by atoms with Gasteiger partial charge in [0.15, 0.2) is 0 Å². The van der Waals surface area contributed by atoms with Gasteiger partial charge in [0.25, 0.3) is 0 Å². The third kappa shape index (κ3) is 3.83. The number of rotatable bonds is 2. The van der Waals surface area contributed by atoms with Crippen molar-refractivity contribution in [3.63, 3.8) is 0 Å². The Morgan fingerprint density at radius 1 is 1.22 bits per heavy atom. The summed E-state index contributed by atoms with van der Waals surface area (Å²) >= 11 is 0. The topological polar surface area (TPSA) is 46.6 Å². The second-order valence-electron chi connectivity index (χ2n) is 5.57. The number of methoxy groups -OCH3 is 1. The minimum Gasteiger partial charge on any atom is -0.465 e. The van der Waals surface area contributed by atoms with Gasteiger partial charge in [0, 0.05) is 20.0 Å². The number of esters is 1. The van der Waals surface area contributed by atoms with Crippen LogP contribution in [0.25, 0.3) is 0 Å². The van der Waals surface area contributed by atoms with Crippen LogP contribution in [0, 0.1) is 0 Å². The third-order valence-electron chi connectivity index (χ3n) is 4.16. The lowest BCUT2D eigenvalue weighted by Crippen LogP contribution is -2.36. The molecule has 0 N–H and O–H groups in total. The quantitative estimate of drug-likeness (QED) is 0.783. The van der Waals surface area contributed by atoms with E-state index in [2.05, 4.69) is 4.74 Å². The summed E-state index contributed by atoms with van der Waals surface area (Å²) in [7, 11) is 1.13. The van der Waals surface area contributed by atoms with Crippen LogP contribution in [-0.2, 0) is 15.7 Å². The standard InChI is InChI=1S/C16H18F3NO3/c1-10(21)20-7-5-11(6-8-20)13-4-3-12(15(22)23-2)9-14(13)16(17,18)19/h3-4,9,11H,5-8H2,1-2H3. The molecule has 0 unspecified atom stereocenters. The van der Waals surface area contributed by atoms with Crippen LogP contribution in [-0.4, -0.2) is 37.0 Å². The zero-order chi connectivity index (χ0) is 17.2. The van der Waals surface area contributed by atoms with Crippen LogP contribution in [0.3, 0.4) is 0 Å². The second-order valence-corrected chi connectivity index (χ2v) is 5.57. The zero-order valence-electron chi connectivity index (χ0n) is 12.9. The molecule has 0 radical (unpaired) electrons. The molecule has 1 saturated heterocycles. The van der Waals surface area contributed by atoms with Crippen molar-refractivity contribution >= 4 is 11.9 Å². The third-order valence-corrected chi connectivity index (χ3v) is 4.16. The first-order chi connectivity index (χ1) is 10.7. The van der Waals surface area contributed by atoms with E-state index in [4.69, 9.17) is 0 Å². The lowest BCUT2D eigenvalue weighted by atomic mass is 9.85. The predicted molar refractivity (Wildman–Crippen MR) is 77.0 cm³/mol. The van der Waals surface area contributed by atoms with Crippen LogP contribution in [0.15, 0.2) is 18.2 Å². The Kier molecular flexibility index (Phi) is 4.97. The van der Waals surface area contributed by atoms with E-state index >= 15 is 0 Å². The summed E-state index contributed by atoms with van der Waals surface area (Å²) in [6, 6.07) is 3.55. The Balaban J connectivity index is 2.32. The number of nitrogens with zero attached hydrogens (tertiary/aromatic N) is 1. The molecule has 1 heterocycles. The summed E-state index contributed by atoms with van der Waals surface area (Å²) in [5, 5.41) is 0.